The van der Waals surface area contributed by atoms with Gasteiger partial charge in [0.2, 0.25) is 17.7 Å². The van der Waals surface area contributed by atoms with E-state index in [-0.39, 0.29) is 29.9 Å². The van der Waals surface area contributed by atoms with Crippen molar-refractivity contribution in [2.24, 2.45) is 20.0 Å². The molecule has 6 rings (SSSR count). The molecule has 0 atom stereocenters. The molecule has 3 aromatic heterocycles. The fourth-order valence-corrected chi connectivity index (χ4v) is 6.59. The molecule has 48 heavy (non-hydrogen) atoms. The van der Waals surface area contributed by atoms with Gasteiger partial charge in [0.1, 0.15) is 12.1 Å². The maximum absolute atomic E-state index is 13.5. The predicted octanol–water partition coefficient (Wildman–Crippen LogP) is 4.00. The Kier molecular flexibility index (Phi) is 9.60. The summed E-state index contributed by atoms with van der Waals surface area (Å²) in [7, 11) is 3.06. The van der Waals surface area contributed by atoms with Crippen LogP contribution in [0, 0.1) is 5.92 Å². The van der Waals surface area contributed by atoms with Gasteiger partial charge < -0.3 is 19.0 Å². The minimum atomic E-state index is -0.491. The summed E-state index contributed by atoms with van der Waals surface area (Å²) in [5.74, 6) is 1.65. The number of piperidine rings is 1. The van der Waals surface area contributed by atoms with Crippen molar-refractivity contribution in [2.45, 2.75) is 52.2 Å². The minimum Gasteiger partial charge on any atom is -0.444 e. The molecule has 2 fully saturated rings. The van der Waals surface area contributed by atoms with Gasteiger partial charge in [0.05, 0.1) is 10.0 Å². The number of benzene rings is 1. The number of carbonyl (C=O) groups excluding carboxylic acids is 1. The van der Waals surface area contributed by atoms with Crippen LogP contribution in [0.25, 0.3) is 22.6 Å². The Morgan fingerprint density at radius 1 is 0.979 bits per heavy atom. The van der Waals surface area contributed by atoms with Crippen LogP contribution in [-0.2, 0) is 25.4 Å². The molecule has 2 saturated heterocycles. The highest BCUT2D eigenvalue weighted by molar-refractivity contribution is 6.42. The van der Waals surface area contributed by atoms with Crippen LogP contribution in [0.15, 0.2) is 32.2 Å². The number of anilines is 1. The van der Waals surface area contributed by atoms with E-state index in [4.69, 9.17) is 37.3 Å². The highest BCUT2D eigenvalue weighted by Crippen LogP contribution is 2.29. The number of rotatable bonds is 7. The number of halogens is 2. The Labute approximate surface area is 287 Å². The molecular formula is C32H41Cl2N9O5. The number of likely N-dealkylation sites (tertiary alicyclic amines) is 1. The van der Waals surface area contributed by atoms with E-state index in [1.165, 1.54) is 11.6 Å². The minimum absolute atomic E-state index is 0.0792. The van der Waals surface area contributed by atoms with E-state index in [1.54, 1.807) is 29.8 Å². The third kappa shape index (κ3) is 7.10. The quantitative estimate of drug-likeness (QED) is 0.278. The van der Waals surface area contributed by atoms with E-state index in [2.05, 4.69) is 20.0 Å². The Morgan fingerprint density at radius 2 is 1.69 bits per heavy atom. The summed E-state index contributed by atoms with van der Waals surface area (Å²) in [6, 6.07) is 5.04. The fourth-order valence-electron chi connectivity index (χ4n) is 6.29. The highest BCUT2D eigenvalue weighted by Gasteiger charge is 2.29. The SMILES string of the molecule is Cn1c(=O)c2c(nc(N3CCN(CCC4CCN(C(=O)OC(C)(C)C)CC4)CC3)n2Cc2nnc(-c3ccc(Cl)c(Cl)c3)o2)n(C)c1=O. The van der Waals surface area contributed by atoms with Gasteiger partial charge in [-0.2, -0.15) is 4.98 Å². The van der Waals surface area contributed by atoms with Crippen molar-refractivity contribution >= 4 is 46.4 Å². The molecule has 5 heterocycles. The average molecular weight is 703 g/mol. The van der Waals surface area contributed by atoms with Crippen LogP contribution in [0.3, 0.4) is 0 Å². The number of ether oxygens (including phenoxy) is 1. The molecule has 0 aliphatic carbocycles. The Hall–Kier alpha value is -3.88. The molecule has 4 aromatic rings. The molecule has 14 nitrogen and oxygen atoms in total. The first kappa shape index (κ1) is 34.0. The standard InChI is InChI=1S/C32H41Cl2N9O5/c1-32(2,3)48-31(46)42-12-9-20(10-13-42)8-11-40-14-16-41(17-15-40)29-35-26-25(28(44)39(5)30(45)38(26)4)43(29)19-24-36-37-27(47-24)21-6-7-22(33)23(34)18-21/h6-7,18,20H,8-17,19H2,1-5H3. The van der Waals surface area contributed by atoms with Gasteiger partial charge in [0, 0.05) is 58.9 Å². The van der Waals surface area contributed by atoms with Gasteiger partial charge >= 0.3 is 11.8 Å². The summed E-state index contributed by atoms with van der Waals surface area (Å²) in [4.78, 5) is 49.9. The second-order valence-corrected chi connectivity index (χ2v) is 14.3. The zero-order valence-electron chi connectivity index (χ0n) is 27.9. The maximum Gasteiger partial charge on any atom is 0.410 e. The topological polar surface area (TPSA) is 137 Å². The lowest BCUT2D eigenvalue weighted by molar-refractivity contribution is 0.0177. The average Bonchev–Trinajstić information content (AvgIpc) is 3.68. The summed E-state index contributed by atoms with van der Waals surface area (Å²) >= 11 is 12.3. The first-order valence-corrected chi connectivity index (χ1v) is 16.9. The summed E-state index contributed by atoms with van der Waals surface area (Å²) in [5.41, 5.74) is -0.207. The maximum atomic E-state index is 13.5. The van der Waals surface area contributed by atoms with E-state index in [1.807, 2.05) is 25.7 Å². The number of fused-ring (bicyclic) bond motifs is 1. The smallest absolute Gasteiger partial charge is 0.410 e. The largest absolute Gasteiger partial charge is 0.444 e. The molecule has 258 valence electrons. The first-order valence-electron chi connectivity index (χ1n) is 16.2. The second-order valence-electron chi connectivity index (χ2n) is 13.5. The molecule has 2 aliphatic rings. The van der Waals surface area contributed by atoms with Gasteiger partial charge in [-0.05, 0) is 70.7 Å². The second kappa shape index (κ2) is 13.6. The lowest BCUT2D eigenvalue weighted by atomic mass is 9.93. The number of aryl methyl sites for hydroxylation is 1. The van der Waals surface area contributed by atoms with Gasteiger partial charge in [-0.15, -0.1) is 10.2 Å². The molecule has 1 amide bonds. The van der Waals surface area contributed by atoms with Crippen LogP contribution in [0.4, 0.5) is 10.7 Å². The number of amides is 1. The molecular weight excluding hydrogens is 661 g/mol. The zero-order valence-corrected chi connectivity index (χ0v) is 29.4. The van der Waals surface area contributed by atoms with Gasteiger partial charge in [-0.25, -0.2) is 9.59 Å². The molecule has 0 unspecified atom stereocenters. The lowest BCUT2D eigenvalue weighted by Gasteiger charge is -2.37. The first-order chi connectivity index (χ1) is 22.8. The van der Waals surface area contributed by atoms with Crippen LogP contribution in [-0.4, -0.2) is 96.2 Å². The number of aromatic nitrogens is 6. The van der Waals surface area contributed by atoms with Crippen molar-refractivity contribution in [3.63, 3.8) is 0 Å². The summed E-state index contributed by atoms with van der Waals surface area (Å²) in [6.45, 7) is 11.2. The molecule has 16 heteroatoms. The number of hydrogen-bond acceptors (Lipinski definition) is 10. The summed E-state index contributed by atoms with van der Waals surface area (Å²) in [6.07, 6.45) is 2.78. The number of hydrogen-bond donors (Lipinski definition) is 0. The van der Waals surface area contributed by atoms with E-state index in [0.717, 1.165) is 56.6 Å². The third-order valence-electron chi connectivity index (χ3n) is 9.03. The molecule has 0 saturated carbocycles. The normalized spacial score (nSPS) is 16.6. The Morgan fingerprint density at radius 3 is 2.35 bits per heavy atom. The summed E-state index contributed by atoms with van der Waals surface area (Å²) in [5, 5.41) is 9.21. The van der Waals surface area contributed by atoms with E-state index < -0.39 is 16.9 Å². The van der Waals surface area contributed by atoms with Crippen molar-refractivity contribution in [3.05, 3.63) is 55.0 Å². The number of carbonyl (C=O) groups is 1. The van der Waals surface area contributed by atoms with Crippen LogP contribution < -0.4 is 16.1 Å². The molecule has 2 aliphatic heterocycles. The Balaban J connectivity index is 1.15. The predicted molar refractivity (Wildman–Crippen MR) is 183 cm³/mol. The third-order valence-corrected chi connectivity index (χ3v) is 9.77. The van der Waals surface area contributed by atoms with Gasteiger partial charge in [-0.3, -0.25) is 23.4 Å². The van der Waals surface area contributed by atoms with Crippen molar-refractivity contribution < 1.29 is 13.9 Å². The molecule has 1 aromatic carbocycles. The summed E-state index contributed by atoms with van der Waals surface area (Å²) < 4.78 is 15.8. The van der Waals surface area contributed by atoms with Crippen molar-refractivity contribution in [1.82, 2.24) is 38.7 Å². The molecule has 0 spiro atoms. The number of piperazine rings is 1. The van der Waals surface area contributed by atoms with Crippen LogP contribution in [0.5, 0.6) is 0 Å². The van der Waals surface area contributed by atoms with E-state index in [9.17, 15) is 14.4 Å². The van der Waals surface area contributed by atoms with Crippen molar-refractivity contribution in [3.8, 4) is 11.5 Å². The fraction of sp³-hybridized carbons (Fsp3) is 0.562. The number of nitrogens with zero attached hydrogens (tertiary/aromatic N) is 9. The van der Waals surface area contributed by atoms with Crippen molar-refractivity contribution in [1.29, 1.82) is 0 Å². The molecule has 0 N–H and O–H groups in total. The van der Waals surface area contributed by atoms with Gasteiger partial charge in [0.25, 0.3) is 5.56 Å². The van der Waals surface area contributed by atoms with Crippen LogP contribution >= 0.6 is 23.2 Å². The molecule has 0 radical (unpaired) electrons. The molecule has 0 bridgehead atoms. The Bertz CT molecular complexity index is 1930. The monoisotopic (exact) mass is 701 g/mol. The van der Waals surface area contributed by atoms with Crippen molar-refractivity contribution in [2.75, 3.05) is 50.7 Å². The number of imidazole rings is 1. The van der Waals surface area contributed by atoms with Gasteiger partial charge in [-0.1, -0.05) is 23.2 Å². The van der Waals surface area contributed by atoms with E-state index in [0.29, 0.717) is 46.2 Å². The van der Waals surface area contributed by atoms with Crippen LogP contribution in [0.2, 0.25) is 10.0 Å². The lowest BCUT2D eigenvalue weighted by Crippen LogP contribution is -2.48. The van der Waals surface area contributed by atoms with E-state index >= 15 is 0 Å². The highest BCUT2D eigenvalue weighted by atomic mass is 35.5. The van der Waals surface area contributed by atoms with Gasteiger partial charge in [0.15, 0.2) is 11.2 Å². The zero-order chi connectivity index (χ0) is 34.3. The van der Waals surface area contributed by atoms with Crippen LogP contribution in [0.1, 0.15) is 45.9 Å².